The van der Waals surface area contributed by atoms with Gasteiger partial charge in [-0.2, -0.15) is 0 Å². The first-order chi connectivity index (χ1) is 9.13. The van der Waals surface area contributed by atoms with Gasteiger partial charge < -0.3 is 9.52 Å². The lowest BCUT2D eigenvalue weighted by Crippen LogP contribution is -1.94. The van der Waals surface area contributed by atoms with Crippen LogP contribution in [-0.4, -0.2) is 21.0 Å². The maximum Gasteiger partial charge on any atom is 0.335 e. The quantitative estimate of drug-likeness (QED) is 0.760. The molecule has 1 N–H and O–H groups in total. The highest BCUT2D eigenvalue weighted by Gasteiger charge is 2.11. The summed E-state index contributed by atoms with van der Waals surface area (Å²) in [7, 11) is 0. The number of fused-ring (bicyclic) bond motifs is 1. The fourth-order valence-electron chi connectivity index (χ4n) is 1.86. The lowest BCUT2D eigenvalue weighted by molar-refractivity contribution is 0.0697. The number of nitrogens with zero attached hydrogens (tertiary/aromatic N) is 2. The highest BCUT2D eigenvalue weighted by molar-refractivity contribution is 5.92. The van der Waals surface area contributed by atoms with Crippen molar-refractivity contribution in [3.8, 4) is 11.5 Å². The van der Waals surface area contributed by atoms with Gasteiger partial charge in [0.2, 0.25) is 5.89 Å². The van der Waals surface area contributed by atoms with Crippen LogP contribution < -0.4 is 0 Å². The number of aromatic carboxylic acids is 1. The van der Waals surface area contributed by atoms with Gasteiger partial charge in [-0.05, 0) is 36.8 Å². The molecule has 5 heteroatoms. The average molecular weight is 254 g/mol. The van der Waals surface area contributed by atoms with Crippen LogP contribution in [0.2, 0.25) is 0 Å². The number of aromatic nitrogens is 2. The first-order valence-corrected chi connectivity index (χ1v) is 5.69. The van der Waals surface area contributed by atoms with E-state index in [1.54, 1.807) is 18.5 Å². The van der Waals surface area contributed by atoms with Crippen molar-refractivity contribution in [3.63, 3.8) is 0 Å². The first-order valence-electron chi connectivity index (χ1n) is 5.69. The van der Waals surface area contributed by atoms with Crippen LogP contribution in [0.15, 0.2) is 41.1 Å². The number of hydrogen-bond donors (Lipinski definition) is 1. The van der Waals surface area contributed by atoms with Crippen molar-refractivity contribution in [1.82, 2.24) is 9.97 Å². The Morgan fingerprint density at radius 2 is 2.11 bits per heavy atom. The fourth-order valence-corrected chi connectivity index (χ4v) is 1.86. The molecule has 2 heterocycles. The fraction of sp³-hybridized carbons (Fsp3) is 0.0714. The molecule has 3 rings (SSSR count). The Kier molecular flexibility index (Phi) is 2.52. The molecule has 0 aliphatic rings. The van der Waals surface area contributed by atoms with Crippen LogP contribution in [-0.2, 0) is 0 Å². The van der Waals surface area contributed by atoms with Crippen molar-refractivity contribution < 1.29 is 14.3 Å². The zero-order chi connectivity index (χ0) is 13.4. The molecule has 94 valence electrons. The number of carbonyl (C=O) groups is 1. The molecular weight excluding hydrogens is 244 g/mol. The molecule has 19 heavy (non-hydrogen) atoms. The normalized spacial score (nSPS) is 10.8. The van der Waals surface area contributed by atoms with Crippen LogP contribution in [0, 0.1) is 6.92 Å². The molecule has 0 spiro atoms. The topological polar surface area (TPSA) is 76.2 Å². The van der Waals surface area contributed by atoms with Crippen molar-refractivity contribution in [2.45, 2.75) is 6.92 Å². The maximum atomic E-state index is 10.9. The second-order valence-corrected chi connectivity index (χ2v) is 4.26. The Hall–Kier alpha value is -2.69. The van der Waals surface area contributed by atoms with Crippen LogP contribution in [0.25, 0.3) is 22.6 Å². The van der Waals surface area contributed by atoms with Crippen LogP contribution in [0.1, 0.15) is 15.9 Å². The summed E-state index contributed by atoms with van der Waals surface area (Å²) >= 11 is 0. The second kappa shape index (κ2) is 4.20. The Morgan fingerprint density at radius 1 is 1.26 bits per heavy atom. The SMILES string of the molecule is Cc1cncc(-c2nc3cc(C(=O)O)ccc3o2)c1. The number of rotatable bonds is 2. The monoisotopic (exact) mass is 254 g/mol. The molecule has 2 aromatic heterocycles. The molecule has 0 aliphatic carbocycles. The predicted octanol–water partition coefficient (Wildman–Crippen LogP) is 2.90. The van der Waals surface area contributed by atoms with Gasteiger partial charge in [0, 0.05) is 12.4 Å². The molecule has 3 aromatic rings. The third-order valence-electron chi connectivity index (χ3n) is 2.76. The summed E-state index contributed by atoms with van der Waals surface area (Å²) in [5.74, 6) is -0.544. The van der Waals surface area contributed by atoms with Gasteiger partial charge >= 0.3 is 5.97 Å². The van der Waals surface area contributed by atoms with Crippen molar-refractivity contribution in [1.29, 1.82) is 0 Å². The highest BCUT2D eigenvalue weighted by atomic mass is 16.4. The summed E-state index contributed by atoms with van der Waals surface area (Å²) < 4.78 is 5.60. The lowest BCUT2D eigenvalue weighted by Gasteiger charge is -1.95. The minimum atomic E-state index is -0.983. The van der Waals surface area contributed by atoms with Gasteiger partial charge in [0.1, 0.15) is 5.52 Å². The number of aryl methyl sites for hydroxylation is 1. The molecular formula is C14H10N2O3. The molecule has 0 unspecified atom stereocenters. The average Bonchev–Trinajstić information content (AvgIpc) is 2.81. The van der Waals surface area contributed by atoms with Crippen LogP contribution in [0.3, 0.4) is 0 Å². The van der Waals surface area contributed by atoms with E-state index in [2.05, 4.69) is 9.97 Å². The molecule has 0 amide bonds. The number of oxazole rings is 1. The molecule has 0 aliphatic heterocycles. The Morgan fingerprint density at radius 3 is 2.84 bits per heavy atom. The predicted molar refractivity (Wildman–Crippen MR) is 68.9 cm³/mol. The smallest absolute Gasteiger partial charge is 0.335 e. The van der Waals surface area contributed by atoms with E-state index in [-0.39, 0.29) is 5.56 Å². The molecule has 0 bridgehead atoms. The first kappa shape index (κ1) is 11.4. The highest BCUT2D eigenvalue weighted by Crippen LogP contribution is 2.24. The minimum absolute atomic E-state index is 0.190. The summed E-state index contributed by atoms with van der Waals surface area (Å²) in [6.45, 7) is 1.93. The van der Waals surface area contributed by atoms with Crippen LogP contribution in [0.4, 0.5) is 0 Å². The van der Waals surface area contributed by atoms with Crippen molar-refractivity contribution in [2.75, 3.05) is 0 Å². The zero-order valence-corrected chi connectivity index (χ0v) is 10.1. The van der Waals surface area contributed by atoms with Gasteiger partial charge in [0.15, 0.2) is 5.58 Å². The van der Waals surface area contributed by atoms with Crippen molar-refractivity contribution >= 4 is 17.1 Å². The van der Waals surface area contributed by atoms with E-state index in [0.717, 1.165) is 11.1 Å². The molecule has 1 aromatic carbocycles. The Labute approximate surface area is 108 Å². The minimum Gasteiger partial charge on any atom is -0.478 e. The number of carboxylic acid groups (broad SMARTS) is 1. The number of pyridine rings is 1. The Balaban J connectivity index is 2.14. The van der Waals surface area contributed by atoms with E-state index in [9.17, 15) is 4.79 Å². The molecule has 0 atom stereocenters. The molecule has 0 fully saturated rings. The van der Waals surface area contributed by atoms with Crippen LogP contribution in [0.5, 0.6) is 0 Å². The number of benzene rings is 1. The molecule has 0 saturated carbocycles. The van der Waals surface area contributed by atoms with E-state index < -0.39 is 5.97 Å². The largest absolute Gasteiger partial charge is 0.478 e. The molecule has 0 radical (unpaired) electrons. The zero-order valence-electron chi connectivity index (χ0n) is 10.1. The number of carboxylic acids is 1. The van der Waals surface area contributed by atoms with Crippen LogP contribution >= 0.6 is 0 Å². The van der Waals surface area contributed by atoms with Gasteiger partial charge in [-0.3, -0.25) is 4.98 Å². The third kappa shape index (κ3) is 2.06. The van der Waals surface area contributed by atoms with E-state index in [1.165, 1.54) is 12.1 Å². The summed E-state index contributed by atoms with van der Waals surface area (Å²) in [5, 5.41) is 8.94. The molecule has 5 nitrogen and oxygen atoms in total. The maximum absolute atomic E-state index is 10.9. The van der Waals surface area contributed by atoms with Gasteiger partial charge in [-0.1, -0.05) is 0 Å². The Bertz CT molecular complexity index is 777. The summed E-state index contributed by atoms with van der Waals surface area (Å²) in [4.78, 5) is 19.3. The third-order valence-corrected chi connectivity index (χ3v) is 2.76. The van der Waals surface area contributed by atoms with Gasteiger partial charge in [0.25, 0.3) is 0 Å². The van der Waals surface area contributed by atoms with Crippen molar-refractivity contribution in [2.24, 2.45) is 0 Å². The lowest BCUT2D eigenvalue weighted by atomic mass is 10.2. The van der Waals surface area contributed by atoms with E-state index in [0.29, 0.717) is 17.0 Å². The van der Waals surface area contributed by atoms with Gasteiger partial charge in [-0.15, -0.1) is 0 Å². The molecule has 0 saturated heterocycles. The number of hydrogen-bond acceptors (Lipinski definition) is 4. The summed E-state index contributed by atoms with van der Waals surface area (Å²) in [5.41, 5.74) is 3.05. The van der Waals surface area contributed by atoms with Gasteiger partial charge in [-0.25, -0.2) is 9.78 Å². The summed E-state index contributed by atoms with van der Waals surface area (Å²) in [6.07, 6.45) is 3.41. The van der Waals surface area contributed by atoms with E-state index >= 15 is 0 Å². The van der Waals surface area contributed by atoms with Crippen molar-refractivity contribution in [3.05, 3.63) is 47.8 Å². The second-order valence-electron chi connectivity index (χ2n) is 4.26. The van der Waals surface area contributed by atoms with E-state index in [1.807, 2.05) is 13.0 Å². The van der Waals surface area contributed by atoms with E-state index in [4.69, 9.17) is 9.52 Å². The standard InChI is InChI=1S/C14H10N2O3/c1-8-4-10(7-15-6-8)13-16-11-5-9(14(17)18)2-3-12(11)19-13/h2-7H,1H3,(H,17,18). The van der Waals surface area contributed by atoms with Gasteiger partial charge in [0.05, 0.1) is 11.1 Å². The summed E-state index contributed by atoms with van der Waals surface area (Å²) in [6, 6.07) is 6.51.